The molecule has 0 aliphatic carbocycles. The van der Waals surface area contributed by atoms with Crippen LogP contribution in [0.3, 0.4) is 0 Å². The van der Waals surface area contributed by atoms with Gasteiger partial charge in [0.2, 0.25) is 0 Å². The van der Waals surface area contributed by atoms with Crippen LogP contribution in [0.25, 0.3) is 6.08 Å². The van der Waals surface area contributed by atoms with Gasteiger partial charge in [-0.15, -0.1) is 0 Å². The molecule has 31 heavy (non-hydrogen) atoms. The fourth-order valence-electron chi connectivity index (χ4n) is 2.26. The molecular formula is C25H24O6. The third-order valence-corrected chi connectivity index (χ3v) is 3.97. The minimum Gasteiger partial charge on any atom is -0.462 e. The molecule has 0 heterocycles. The van der Waals surface area contributed by atoms with E-state index in [0.29, 0.717) is 29.1 Å². The lowest BCUT2D eigenvalue weighted by molar-refractivity contribution is -0.139. The van der Waals surface area contributed by atoms with Gasteiger partial charge in [-0.1, -0.05) is 37.4 Å². The highest BCUT2D eigenvalue weighted by molar-refractivity contribution is 5.89. The van der Waals surface area contributed by atoms with E-state index in [1.54, 1.807) is 68.5 Å². The summed E-state index contributed by atoms with van der Waals surface area (Å²) >= 11 is 0. The summed E-state index contributed by atoms with van der Waals surface area (Å²) in [6.45, 7) is 10.5. The van der Waals surface area contributed by atoms with Gasteiger partial charge >= 0.3 is 17.9 Å². The molecule has 0 saturated heterocycles. The van der Waals surface area contributed by atoms with E-state index in [2.05, 4.69) is 13.2 Å². The van der Waals surface area contributed by atoms with E-state index in [0.717, 1.165) is 11.1 Å². The third-order valence-electron chi connectivity index (χ3n) is 3.97. The number of carbonyl (C=O) groups is 3. The van der Waals surface area contributed by atoms with Crippen molar-refractivity contribution in [2.24, 2.45) is 0 Å². The van der Waals surface area contributed by atoms with Gasteiger partial charge in [0, 0.05) is 23.6 Å². The minimum atomic E-state index is -0.527. The number of hydrogen-bond donors (Lipinski definition) is 0. The summed E-state index contributed by atoms with van der Waals surface area (Å²) in [4.78, 5) is 34.9. The van der Waals surface area contributed by atoms with Crippen molar-refractivity contribution in [3.63, 3.8) is 0 Å². The number of rotatable bonds is 9. The second-order valence-corrected chi connectivity index (χ2v) is 6.80. The van der Waals surface area contributed by atoms with E-state index in [9.17, 15) is 14.4 Å². The number of benzene rings is 2. The van der Waals surface area contributed by atoms with E-state index in [-0.39, 0.29) is 6.61 Å². The van der Waals surface area contributed by atoms with Crippen LogP contribution in [0.15, 0.2) is 78.9 Å². The predicted octanol–water partition coefficient (Wildman–Crippen LogP) is 4.45. The fraction of sp³-hybridized carbons (Fsp3) is 0.160. The van der Waals surface area contributed by atoms with Crippen molar-refractivity contribution in [3.8, 4) is 11.5 Å². The monoisotopic (exact) mass is 420 g/mol. The van der Waals surface area contributed by atoms with Crippen LogP contribution in [0, 0.1) is 0 Å². The summed E-state index contributed by atoms with van der Waals surface area (Å²) in [5, 5.41) is 0. The lowest BCUT2D eigenvalue weighted by atomic mass is 10.1. The molecule has 0 atom stereocenters. The van der Waals surface area contributed by atoms with Gasteiger partial charge in [-0.25, -0.2) is 14.4 Å². The van der Waals surface area contributed by atoms with Gasteiger partial charge in [0.15, 0.2) is 0 Å². The molecule has 0 saturated carbocycles. The highest BCUT2D eigenvalue weighted by Crippen LogP contribution is 2.16. The van der Waals surface area contributed by atoms with Crippen LogP contribution in [-0.4, -0.2) is 24.5 Å². The number of esters is 3. The molecule has 160 valence electrons. The number of ether oxygens (including phenoxy) is 3. The van der Waals surface area contributed by atoms with Crippen molar-refractivity contribution in [2.45, 2.75) is 20.3 Å². The van der Waals surface area contributed by atoms with Crippen molar-refractivity contribution >= 4 is 24.0 Å². The number of carbonyl (C=O) groups excluding carboxylic acids is 3. The zero-order chi connectivity index (χ0) is 22.8. The Morgan fingerprint density at radius 2 is 1.35 bits per heavy atom. The first kappa shape index (κ1) is 23.3. The van der Waals surface area contributed by atoms with Crippen LogP contribution < -0.4 is 9.47 Å². The molecule has 2 aromatic carbocycles. The Kier molecular flexibility index (Phi) is 8.52. The van der Waals surface area contributed by atoms with Gasteiger partial charge < -0.3 is 14.2 Å². The molecule has 0 radical (unpaired) electrons. The Morgan fingerprint density at radius 3 is 1.94 bits per heavy atom. The zero-order valence-corrected chi connectivity index (χ0v) is 17.6. The van der Waals surface area contributed by atoms with Crippen LogP contribution in [0.2, 0.25) is 0 Å². The molecule has 0 aliphatic heterocycles. The van der Waals surface area contributed by atoms with E-state index in [4.69, 9.17) is 14.2 Å². The summed E-state index contributed by atoms with van der Waals surface area (Å²) in [6.07, 6.45) is 3.45. The topological polar surface area (TPSA) is 78.9 Å². The van der Waals surface area contributed by atoms with Gasteiger partial charge in [-0.05, 0) is 55.3 Å². The Balaban J connectivity index is 1.83. The molecule has 6 heteroatoms. The molecule has 0 aromatic heterocycles. The van der Waals surface area contributed by atoms with Gasteiger partial charge in [-0.3, -0.25) is 0 Å². The summed E-state index contributed by atoms with van der Waals surface area (Å²) < 4.78 is 15.4. The highest BCUT2D eigenvalue weighted by atomic mass is 16.5. The molecule has 0 bridgehead atoms. The molecule has 0 N–H and O–H groups in total. The number of hydrogen-bond acceptors (Lipinski definition) is 6. The first-order chi connectivity index (χ1) is 14.7. The van der Waals surface area contributed by atoms with Crippen molar-refractivity contribution in [3.05, 3.63) is 90.0 Å². The summed E-state index contributed by atoms with van der Waals surface area (Å²) in [7, 11) is 0. The zero-order valence-electron chi connectivity index (χ0n) is 17.6. The van der Waals surface area contributed by atoms with Gasteiger partial charge in [0.1, 0.15) is 11.5 Å². The minimum absolute atomic E-state index is 0.249. The second-order valence-electron chi connectivity index (χ2n) is 6.80. The van der Waals surface area contributed by atoms with Gasteiger partial charge in [0.05, 0.1) is 6.61 Å². The maximum atomic E-state index is 12.0. The Morgan fingerprint density at radius 1 is 0.806 bits per heavy atom. The van der Waals surface area contributed by atoms with E-state index in [1.165, 1.54) is 6.08 Å². The van der Waals surface area contributed by atoms with Crippen molar-refractivity contribution < 1.29 is 28.6 Å². The van der Waals surface area contributed by atoms with Gasteiger partial charge in [-0.2, -0.15) is 0 Å². The molecule has 0 spiro atoms. The standard InChI is InChI=1S/C25H24O6/c1-17(2)24(27)29-16-15-20-7-10-21(11-8-20)30-23(26)14-9-19-5-12-22(13-6-19)31-25(28)18(3)4/h5-14H,1,3,15-16H2,2,4H3. The van der Waals surface area contributed by atoms with Crippen molar-refractivity contribution in [1.29, 1.82) is 0 Å². The first-order valence-electron chi connectivity index (χ1n) is 9.54. The lowest BCUT2D eigenvalue weighted by Crippen LogP contribution is -2.08. The molecular weight excluding hydrogens is 396 g/mol. The molecule has 0 aliphatic rings. The smallest absolute Gasteiger partial charge is 0.338 e. The summed E-state index contributed by atoms with van der Waals surface area (Å²) in [5.74, 6) is -0.645. The fourth-order valence-corrected chi connectivity index (χ4v) is 2.26. The predicted molar refractivity (Wildman–Crippen MR) is 117 cm³/mol. The van der Waals surface area contributed by atoms with Crippen LogP contribution >= 0.6 is 0 Å². The Bertz CT molecular complexity index is 997. The highest BCUT2D eigenvalue weighted by Gasteiger charge is 2.06. The normalized spacial score (nSPS) is 10.4. The van der Waals surface area contributed by atoms with Crippen molar-refractivity contribution in [2.75, 3.05) is 6.61 Å². The SMILES string of the molecule is C=C(C)C(=O)OCCc1ccc(OC(=O)C=Cc2ccc(OC(=O)C(=C)C)cc2)cc1. The maximum Gasteiger partial charge on any atom is 0.338 e. The second kappa shape index (κ2) is 11.3. The van der Waals surface area contributed by atoms with E-state index >= 15 is 0 Å². The molecule has 2 aromatic rings. The van der Waals surface area contributed by atoms with Crippen LogP contribution in [-0.2, 0) is 25.5 Å². The maximum absolute atomic E-state index is 12.0. The lowest BCUT2D eigenvalue weighted by Gasteiger charge is -2.06. The van der Waals surface area contributed by atoms with Crippen LogP contribution in [0.5, 0.6) is 11.5 Å². The average Bonchev–Trinajstić information content (AvgIpc) is 2.74. The Hall–Kier alpha value is -3.93. The molecule has 0 fully saturated rings. The summed E-state index contributed by atoms with van der Waals surface area (Å²) in [6, 6.07) is 13.6. The molecule has 6 nitrogen and oxygen atoms in total. The first-order valence-corrected chi connectivity index (χ1v) is 9.54. The van der Waals surface area contributed by atoms with E-state index < -0.39 is 17.9 Å². The van der Waals surface area contributed by atoms with Crippen molar-refractivity contribution in [1.82, 2.24) is 0 Å². The largest absolute Gasteiger partial charge is 0.462 e. The summed E-state index contributed by atoms with van der Waals surface area (Å²) in [5.41, 5.74) is 2.35. The molecule has 2 rings (SSSR count). The van der Waals surface area contributed by atoms with Crippen LogP contribution in [0.1, 0.15) is 25.0 Å². The quantitative estimate of drug-likeness (QED) is 0.339. The van der Waals surface area contributed by atoms with E-state index in [1.807, 2.05) is 0 Å². The van der Waals surface area contributed by atoms with Crippen LogP contribution in [0.4, 0.5) is 0 Å². The van der Waals surface area contributed by atoms with Gasteiger partial charge in [0.25, 0.3) is 0 Å². The third kappa shape index (κ3) is 8.14. The average molecular weight is 420 g/mol. The molecule has 0 amide bonds. The molecule has 0 unspecified atom stereocenters. The Labute approximate surface area is 181 Å².